The number of hydrogen-bond acceptors (Lipinski definition) is 4. The molecule has 16 heavy (non-hydrogen) atoms. The lowest BCUT2D eigenvalue weighted by Crippen LogP contribution is -2.71. The molecule has 0 aromatic carbocycles. The Hall–Kier alpha value is -0.160. The zero-order valence-electron chi connectivity index (χ0n) is 9.86. The summed E-state index contributed by atoms with van der Waals surface area (Å²) in [4.78, 5) is 0. The Kier molecular flexibility index (Phi) is 2.92. The Labute approximate surface area is 97.5 Å². The van der Waals surface area contributed by atoms with Crippen molar-refractivity contribution in [3.8, 4) is 0 Å². The molecule has 4 heteroatoms. The zero-order valence-corrected chi connectivity index (χ0v) is 9.86. The van der Waals surface area contributed by atoms with Crippen molar-refractivity contribution in [2.75, 3.05) is 0 Å². The summed E-state index contributed by atoms with van der Waals surface area (Å²) < 4.78 is 0. The molecule has 1 saturated heterocycles. The summed E-state index contributed by atoms with van der Waals surface area (Å²) in [5, 5.41) is 7.62. The largest absolute Gasteiger partial charge is 0.326 e. The second-order valence-corrected chi connectivity index (χ2v) is 5.84. The van der Waals surface area contributed by atoms with Crippen molar-refractivity contribution < 1.29 is 0 Å². The van der Waals surface area contributed by atoms with Gasteiger partial charge in [0.05, 0.1) is 0 Å². The van der Waals surface area contributed by atoms with E-state index in [4.69, 9.17) is 11.5 Å². The maximum absolute atomic E-state index is 6.06. The minimum absolute atomic E-state index is 0.177. The van der Waals surface area contributed by atoms with Crippen LogP contribution in [-0.2, 0) is 0 Å². The number of fused-ring (bicyclic) bond motifs is 2. The molecular formula is C12H24N4. The zero-order chi connectivity index (χ0) is 11.1. The SMILES string of the molecule is N[C@@H]1C[C@@H]2N[C@@H]3CCCC[C@H]3N[C@@H]2C[C@@H]1N. The summed E-state index contributed by atoms with van der Waals surface area (Å²) in [7, 11) is 0. The molecular weight excluding hydrogens is 200 g/mol. The lowest BCUT2D eigenvalue weighted by atomic mass is 9.78. The van der Waals surface area contributed by atoms with Crippen molar-refractivity contribution in [3.63, 3.8) is 0 Å². The molecule has 0 aromatic rings. The Morgan fingerprint density at radius 3 is 1.56 bits per heavy atom. The fourth-order valence-corrected chi connectivity index (χ4v) is 3.71. The van der Waals surface area contributed by atoms with Crippen molar-refractivity contribution in [2.45, 2.75) is 74.8 Å². The third kappa shape index (κ3) is 1.88. The first-order valence-electron chi connectivity index (χ1n) is 6.77. The topological polar surface area (TPSA) is 76.1 Å². The van der Waals surface area contributed by atoms with Gasteiger partial charge < -0.3 is 22.1 Å². The van der Waals surface area contributed by atoms with Crippen molar-refractivity contribution in [1.82, 2.24) is 10.6 Å². The first kappa shape index (κ1) is 11.0. The highest BCUT2D eigenvalue weighted by Gasteiger charge is 2.41. The summed E-state index contributed by atoms with van der Waals surface area (Å²) in [5.74, 6) is 0. The highest BCUT2D eigenvalue weighted by molar-refractivity contribution is 5.05. The van der Waals surface area contributed by atoms with Gasteiger partial charge in [-0.15, -0.1) is 0 Å². The lowest BCUT2D eigenvalue weighted by Gasteiger charge is -2.50. The van der Waals surface area contributed by atoms with E-state index < -0.39 is 0 Å². The standard InChI is InChI=1S/C12H24N4/c13-7-5-11-12(6-8(7)14)16-10-4-2-1-3-9(10)15-11/h7-12,15-16H,1-6,13-14H2/t7-,8+,9-,10-,11+,12-/m1/s1. The van der Waals surface area contributed by atoms with Crippen molar-refractivity contribution in [3.05, 3.63) is 0 Å². The Balaban J connectivity index is 1.69. The molecule has 0 bridgehead atoms. The van der Waals surface area contributed by atoms with Crippen LogP contribution in [0.3, 0.4) is 0 Å². The minimum atomic E-state index is 0.177. The normalized spacial score (nSPS) is 52.9. The first-order chi connectivity index (χ1) is 7.74. The Morgan fingerprint density at radius 1 is 0.688 bits per heavy atom. The van der Waals surface area contributed by atoms with Crippen molar-refractivity contribution in [1.29, 1.82) is 0 Å². The fourth-order valence-electron chi connectivity index (χ4n) is 3.71. The van der Waals surface area contributed by atoms with Crippen LogP contribution in [0.15, 0.2) is 0 Å². The average molecular weight is 224 g/mol. The van der Waals surface area contributed by atoms with Gasteiger partial charge >= 0.3 is 0 Å². The third-order valence-electron chi connectivity index (χ3n) is 4.71. The van der Waals surface area contributed by atoms with Crippen LogP contribution < -0.4 is 22.1 Å². The molecule has 0 spiro atoms. The van der Waals surface area contributed by atoms with E-state index in [0.717, 1.165) is 12.8 Å². The predicted octanol–water partition coefficient (Wildman–Crippen LogP) is -0.324. The third-order valence-corrected chi connectivity index (χ3v) is 4.71. The minimum Gasteiger partial charge on any atom is -0.326 e. The summed E-state index contributed by atoms with van der Waals surface area (Å²) in [5.41, 5.74) is 12.1. The van der Waals surface area contributed by atoms with E-state index in [0.29, 0.717) is 24.2 Å². The molecule has 2 saturated carbocycles. The molecule has 3 aliphatic rings. The molecule has 3 fully saturated rings. The number of piperazine rings is 1. The van der Waals surface area contributed by atoms with E-state index in [1.165, 1.54) is 25.7 Å². The second kappa shape index (κ2) is 4.26. The van der Waals surface area contributed by atoms with Crippen LogP contribution in [0.25, 0.3) is 0 Å². The number of nitrogens with one attached hydrogen (secondary N) is 2. The number of rotatable bonds is 0. The Morgan fingerprint density at radius 2 is 1.12 bits per heavy atom. The van der Waals surface area contributed by atoms with E-state index >= 15 is 0 Å². The average Bonchev–Trinajstić information content (AvgIpc) is 2.28. The van der Waals surface area contributed by atoms with Gasteiger partial charge in [-0.05, 0) is 25.7 Å². The second-order valence-electron chi connectivity index (χ2n) is 5.84. The highest BCUT2D eigenvalue weighted by Crippen LogP contribution is 2.28. The van der Waals surface area contributed by atoms with Crippen LogP contribution in [0.4, 0.5) is 0 Å². The van der Waals surface area contributed by atoms with E-state index in [1.807, 2.05) is 0 Å². The van der Waals surface area contributed by atoms with Gasteiger partial charge in [-0.3, -0.25) is 0 Å². The molecule has 0 radical (unpaired) electrons. The van der Waals surface area contributed by atoms with Gasteiger partial charge in [-0.1, -0.05) is 12.8 Å². The first-order valence-corrected chi connectivity index (χ1v) is 6.77. The molecule has 92 valence electrons. The van der Waals surface area contributed by atoms with E-state index in [1.54, 1.807) is 0 Å². The molecule has 2 aliphatic carbocycles. The van der Waals surface area contributed by atoms with Crippen LogP contribution in [0, 0.1) is 0 Å². The number of hydrogen-bond donors (Lipinski definition) is 4. The van der Waals surface area contributed by atoms with E-state index in [-0.39, 0.29) is 12.1 Å². The van der Waals surface area contributed by atoms with Crippen LogP contribution in [0.2, 0.25) is 0 Å². The van der Waals surface area contributed by atoms with Gasteiger partial charge in [0.25, 0.3) is 0 Å². The smallest absolute Gasteiger partial charge is 0.0240 e. The van der Waals surface area contributed by atoms with Gasteiger partial charge in [0.15, 0.2) is 0 Å². The van der Waals surface area contributed by atoms with Gasteiger partial charge in [-0.25, -0.2) is 0 Å². The van der Waals surface area contributed by atoms with Gasteiger partial charge in [0, 0.05) is 36.3 Å². The molecule has 4 nitrogen and oxygen atoms in total. The molecule has 0 amide bonds. The summed E-state index contributed by atoms with van der Waals surface area (Å²) in [6, 6.07) is 2.81. The molecule has 1 heterocycles. The molecule has 0 aromatic heterocycles. The van der Waals surface area contributed by atoms with E-state index in [9.17, 15) is 0 Å². The molecule has 6 N–H and O–H groups in total. The predicted molar refractivity (Wildman–Crippen MR) is 65.1 cm³/mol. The maximum Gasteiger partial charge on any atom is 0.0240 e. The lowest BCUT2D eigenvalue weighted by molar-refractivity contribution is 0.123. The molecule has 1 aliphatic heterocycles. The van der Waals surface area contributed by atoms with Gasteiger partial charge in [0.1, 0.15) is 0 Å². The number of nitrogens with two attached hydrogens (primary N) is 2. The van der Waals surface area contributed by atoms with Gasteiger partial charge in [-0.2, -0.15) is 0 Å². The maximum atomic E-state index is 6.06. The fraction of sp³-hybridized carbons (Fsp3) is 1.00. The quantitative estimate of drug-likeness (QED) is 0.455. The van der Waals surface area contributed by atoms with Crippen LogP contribution >= 0.6 is 0 Å². The summed E-state index contributed by atoms with van der Waals surface area (Å²) in [6.45, 7) is 0. The van der Waals surface area contributed by atoms with Crippen LogP contribution in [0.5, 0.6) is 0 Å². The van der Waals surface area contributed by atoms with Gasteiger partial charge in [0.2, 0.25) is 0 Å². The summed E-state index contributed by atoms with van der Waals surface area (Å²) >= 11 is 0. The van der Waals surface area contributed by atoms with Crippen LogP contribution in [-0.4, -0.2) is 36.3 Å². The van der Waals surface area contributed by atoms with E-state index in [2.05, 4.69) is 10.6 Å². The highest BCUT2D eigenvalue weighted by atomic mass is 15.2. The monoisotopic (exact) mass is 224 g/mol. The molecule has 0 unspecified atom stereocenters. The Bertz CT molecular complexity index is 231. The van der Waals surface area contributed by atoms with Crippen molar-refractivity contribution >= 4 is 0 Å². The van der Waals surface area contributed by atoms with Crippen molar-refractivity contribution in [2.24, 2.45) is 11.5 Å². The summed E-state index contributed by atoms with van der Waals surface area (Å²) in [6.07, 6.45) is 7.45. The molecule has 6 atom stereocenters. The van der Waals surface area contributed by atoms with Crippen LogP contribution in [0.1, 0.15) is 38.5 Å². The molecule has 3 rings (SSSR count).